The molecule has 0 aromatic carbocycles. The number of rotatable bonds is 7. The normalized spacial score (nSPS) is 10.7. The minimum absolute atomic E-state index is 0.0533. The van der Waals surface area contributed by atoms with E-state index in [9.17, 15) is 4.79 Å². The van der Waals surface area contributed by atoms with E-state index in [-0.39, 0.29) is 5.91 Å². The molecule has 0 aromatic rings. The van der Waals surface area contributed by atoms with Gasteiger partial charge < -0.3 is 14.5 Å². The predicted molar refractivity (Wildman–Crippen MR) is 70.4 cm³/mol. The lowest BCUT2D eigenvalue weighted by Gasteiger charge is -2.25. The van der Waals surface area contributed by atoms with Crippen LogP contribution in [0.15, 0.2) is 36.8 Å². The Morgan fingerprint density at radius 3 is 2.24 bits per heavy atom. The van der Waals surface area contributed by atoms with Crippen LogP contribution < -0.4 is 0 Å². The molecule has 4 heteroatoms. The van der Waals surface area contributed by atoms with Crippen molar-refractivity contribution in [1.29, 1.82) is 0 Å². The van der Waals surface area contributed by atoms with Crippen LogP contribution in [-0.2, 0) is 9.53 Å². The Kier molecular flexibility index (Phi) is 6.79. The fourth-order valence-corrected chi connectivity index (χ4v) is 1.17. The van der Waals surface area contributed by atoms with Crippen LogP contribution in [0.3, 0.4) is 0 Å². The summed E-state index contributed by atoms with van der Waals surface area (Å²) in [6.07, 6.45) is 3.41. The van der Waals surface area contributed by atoms with Crippen molar-refractivity contribution in [2.45, 2.75) is 6.92 Å². The van der Waals surface area contributed by atoms with Crippen molar-refractivity contribution in [3.05, 3.63) is 36.8 Å². The molecule has 4 nitrogen and oxygen atoms in total. The van der Waals surface area contributed by atoms with Gasteiger partial charge in [-0.3, -0.25) is 4.79 Å². The topological polar surface area (TPSA) is 32.8 Å². The zero-order chi connectivity index (χ0) is 13.4. The van der Waals surface area contributed by atoms with Gasteiger partial charge >= 0.3 is 0 Å². The Labute approximate surface area is 104 Å². The maximum absolute atomic E-state index is 11.1. The number of methoxy groups -OCH3 is 1. The Balaban J connectivity index is 4.36. The summed E-state index contributed by atoms with van der Waals surface area (Å²) in [7, 11) is 5.28. The maximum atomic E-state index is 11.1. The Hall–Kier alpha value is -1.71. The zero-order valence-electron chi connectivity index (χ0n) is 11.2. The molecule has 0 aliphatic carbocycles. The maximum Gasteiger partial charge on any atom is 0.219 e. The number of allylic oxidation sites excluding steroid dienone is 2. The molecule has 0 aliphatic heterocycles. The predicted octanol–water partition coefficient (Wildman–Crippen LogP) is 1.63. The van der Waals surface area contributed by atoms with Crippen molar-refractivity contribution in [3.8, 4) is 0 Å². The molecule has 96 valence electrons. The molecule has 1 amide bonds. The van der Waals surface area contributed by atoms with Gasteiger partial charge in [0, 0.05) is 34.1 Å². The first-order valence-corrected chi connectivity index (χ1v) is 5.42. The van der Waals surface area contributed by atoms with Gasteiger partial charge in [-0.2, -0.15) is 0 Å². The second kappa shape index (κ2) is 7.54. The van der Waals surface area contributed by atoms with Crippen LogP contribution >= 0.6 is 0 Å². The molecule has 0 bridgehead atoms. The number of ether oxygens (including phenoxy) is 1. The third-order valence-corrected chi connectivity index (χ3v) is 2.54. The Bertz CT molecular complexity index is 321. The standard InChI is InChI=1S/C13H22N2O2/c1-7-8-13(17-6)11(2)14(4)9-10-15(5)12(3)16/h7-8H,1-2,9-10H2,3-6H3/b13-8+. The molecule has 0 aliphatic rings. The van der Waals surface area contributed by atoms with E-state index in [2.05, 4.69) is 13.2 Å². The summed E-state index contributed by atoms with van der Waals surface area (Å²) < 4.78 is 5.20. The molecule has 0 atom stereocenters. The van der Waals surface area contributed by atoms with Crippen LogP contribution in [0, 0.1) is 0 Å². The lowest BCUT2D eigenvalue weighted by molar-refractivity contribution is -0.127. The van der Waals surface area contributed by atoms with Gasteiger partial charge in [-0.25, -0.2) is 0 Å². The molecule has 0 aromatic heterocycles. The molecule has 0 fully saturated rings. The zero-order valence-corrected chi connectivity index (χ0v) is 11.2. The van der Waals surface area contributed by atoms with Crippen molar-refractivity contribution in [3.63, 3.8) is 0 Å². The SMILES string of the molecule is C=C/C=C(/OC)C(=C)N(C)CCN(C)C(C)=O. The highest BCUT2D eigenvalue weighted by atomic mass is 16.5. The van der Waals surface area contributed by atoms with Gasteiger partial charge in [-0.15, -0.1) is 0 Å². The second-order valence-electron chi connectivity index (χ2n) is 3.78. The third-order valence-electron chi connectivity index (χ3n) is 2.54. The molecular weight excluding hydrogens is 216 g/mol. The molecule has 0 N–H and O–H groups in total. The summed E-state index contributed by atoms with van der Waals surface area (Å²) >= 11 is 0. The van der Waals surface area contributed by atoms with Gasteiger partial charge in [0.2, 0.25) is 5.91 Å². The van der Waals surface area contributed by atoms with Crippen LogP contribution in [0.4, 0.5) is 0 Å². The van der Waals surface area contributed by atoms with Gasteiger partial charge in [0.25, 0.3) is 0 Å². The first-order valence-electron chi connectivity index (χ1n) is 5.42. The van der Waals surface area contributed by atoms with E-state index in [1.807, 2.05) is 11.9 Å². The molecule has 17 heavy (non-hydrogen) atoms. The highest BCUT2D eigenvalue weighted by Crippen LogP contribution is 2.12. The quantitative estimate of drug-likeness (QED) is 0.499. The minimum Gasteiger partial charge on any atom is -0.495 e. The minimum atomic E-state index is 0.0533. The van der Waals surface area contributed by atoms with Gasteiger partial charge in [0.15, 0.2) is 0 Å². The van der Waals surface area contributed by atoms with Crippen LogP contribution in [0.1, 0.15) is 6.92 Å². The van der Waals surface area contributed by atoms with E-state index in [0.29, 0.717) is 18.8 Å². The average Bonchev–Trinajstić information content (AvgIpc) is 2.31. The summed E-state index contributed by atoms with van der Waals surface area (Å²) in [6.45, 7) is 10.5. The number of hydrogen-bond donors (Lipinski definition) is 0. The highest BCUT2D eigenvalue weighted by Gasteiger charge is 2.09. The molecular formula is C13H22N2O2. The largest absolute Gasteiger partial charge is 0.495 e. The Morgan fingerprint density at radius 2 is 1.82 bits per heavy atom. The van der Waals surface area contributed by atoms with Gasteiger partial charge in [0.05, 0.1) is 12.8 Å². The monoisotopic (exact) mass is 238 g/mol. The van der Waals surface area contributed by atoms with Crippen LogP contribution in [-0.4, -0.2) is 50.0 Å². The third kappa shape index (κ3) is 5.24. The summed E-state index contributed by atoms with van der Waals surface area (Å²) in [5, 5.41) is 0. The van der Waals surface area contributed by atoms with E-state index in [0.717, 1.165) is 5.70 Å². The molecule has 0 saturated carbocycles. The van der Waals surface area contributed by atoms with E-state index in [1.54, 1.807) is 38.1 Å². The Morgan fingerprint density at radius 1 is 1.29 bits per heavy atom. The lowest BCUT2D eigenvalue weighted by Crippen LogP contribution is -2.33. The fraction of sp³-hybridized carbons (Fsp3) is 0.462. The highest BCUT2D eigenvalue weighted by molar-refractivity contribution is 5.72. The second-order valence-corrected chi connectivity index (χ2v) is 3.78. The van der Waals surface area contributed by atoms with Crippen molar-refractivity contribution in [1.82, 2.24) is 9.80 Å². The first-order chi connectivity index (χ1) is 7.93. The number of nitrogens with zero attached hydrogens (tertiary/aromatic N) is 2. The van der Waals surface area contributed by atoms with E-state index < -0.39 is 0 Å². The lowest BCUT2D eigenvalue weighted by atomic mass is 10.3. The fourth-order valence-electron chi connectivity index (χ4n) is 1.17. The number of amides is 1. The summed E-state index contributed by atoms with van der Waals surface area (Å²) in [4.78, 5) is 14.7. The molecule has 0 radical (unpaired) electrons. The van der Waals surface area contributed by atoms with E-state index >= 15 is 0 Å². The first kappa shape index (κ1) is 15.3. The number of carbonyl (C=O) groups is 1. The van der Waals surface area contributed by atoms with Crippen LogP contribution in [0.2, 0.25) is 0 Å². The van der Waals surface area contributed by atoms with Crippen LogP contribution in [0.5, 0.6) is 0 Å². The molecule has 0 unspecified atom stereocenters. The number of hydrogen-bond acceptors (Lipinski definition) is 3. The number of likely N-dealkylation sites (N-methyl/N-ethyl adjacent to an activating group) is 2. The van der Waals surface area contributed by atoms with Crippen molar-refractivity contribution in [2.24, 2.45) is 0 Å². The van der Waals surface area contributed by atoms with Crippen molar-refractivity contribution < 1.29 is 9.53 Å². The molecule has 0 spiro atoms. The smallest absolute Gasteiger partial charge is 0.219 e. The van der Waals surface area contributed by atoms with Crippen molar-refractivity contribution in [2.75, 3.05) is 34.3 Å². The summed E-state index contributed by atoms with van der Waals surface area (Å²) in [5.41, 5.74) is 0.768. The summed E-state index contributed by atoms with van der Waals surface area (Å²) in [6, 6.07) is 0. The summed E-state index contributed by atoms with van der Waals surface area (Å²) in [5.74, 6) is 0.727. The molecule has 0 rings (SSSR count). The molecule has 0 heterocycles. The van der Waals surface area contributed by atoms with E-state index in [4.69, 9.17) is 4.74 Å². The van der Waals surface area contributed by atoms with Gasteiger partial charge in [0.1, 0.15) is 5.76 Å². The van der Waals surface area contributed by atoms with Gasteiger partial charge in [-0.1, -0.05) is 19.2 Å². The molecule has 0 saturated heterocycles. The van der Waals surface area contributed by atoms with E-state index in [1.165, 1.54) is 0 Å². The van der Waals surface area contributed by atoms with Crippen LogP contribution in [0.25, 0.3) is 0 Å². The van der Waals surface area contributed by atoms with Gasteiger partial charge in [-0.05, 0) is 6.08 Å². The average molecular weight is 238 g/mol. The van der Waals surface area contributed by atoms with Crippen molar-refractivity contribution >= 4 is 5.91 Å². The number of carbonyl (C=O) groups excluding carboxylic acids is 1.